The Morgan fingerprint density at radius 1 is 1.12 bits per heavy atom. The third-order valence-corrected chi connectivity index (χ3v) is 6.09. The average molecular weight is 345 g/mol. The third kappa shape index (κ3) is 3.76. The summed E-state index contributed by atoms with van der Waals surface area (Å²) in [5, 5.41) is 0. The maximum absolute atomic E-state index is 12.6. The lowest BCUT2D eigenvalue weighted by molar-refractivity contribution is 0.458. The van der Waals surface area contributed by atoms with Crippen LogP contribution in [0.1, 0.15) is 24.0 Å². The molecule has 6 heteroatoms. The maximum atomic E-state index is 12.6. The number of aryl methyl sites for hydroxylation is 2. The molecule has 0 atom stereocenters. The Morgan fingerprint density at radius 2 is 1.88 bits per heavy atom. The van der Waals surface area contributed by atoms with Gasteiger partial charge < -0.3 is 4.90 Å². The van der Waals surface area contributed by atoms with Gasteiger partial charge in [0.2, 0.25) is 10.0 Å². The van der Waals surface area contributed by atoms with Crippen molar-refractivity contribution in [3.63, 3.8) is 0 Å². The van der Waals surface area contributed by atoms with Gasteiger partial charge in [0.1, 0.15) is 5.82 Å². The van der Waals surface area contributed by atoms with E-state index in [2.05, 4.69) is 14.6 Å². The normalized spacial score (nSPS) is 16.3. The first-order valence-electron chi connectivity index (χ1n) is 8.21. The zero-order valence-electron chi connectivity index (χ0n) is 14.1. The highest BCUT2D eigenvalue weighted by Crippen LogP contribution is 2.21. The van der Waals surface area contributed by atoms with Crippen LogP contribution in [0.5, 0.6) is 0 Å². The fourth-order valence-electron chi connectivity index (χ4n) is 3.15. The molecule has 2 aromatic rings. The summed E-state index contributed by atoms with van der Waals surface area (Å²) in [4.78, 5) is 6.93. The van der Waals surface area contributed by atoms with E-state index in [9.17, 15) is 8.42 Å². The molecule has 0 amide bonds. The molecule has 24 heavy (non-hydrogen) atoms. The lowest BCUT2D eigenvalue weighted by atomic mass is 10.1. The standard InChI is InChI=1S/C18H23N3O2S/c1-14-6-7-17(15(2)13-14)24(22,23)20-16-8-11-21(12-9-16)18-5-3-4-10-19-18/h3-7,10,13,16,20H,8-9,11-12H2,1-2H3. The van der Waals surface area contributed by atoms with Crippen LogP contribution in [0.4, 0.5) is 5.82 Å². The highest BCUT2D eigenvalue weighted by atomic mass is 32.2. The molecule has 0 saturated carbocycles. The van der Waals surface area contributed by atoms with Crippen LogP contribution in [0.25, 0.3) is 0 Å². The van der Waals surface area contributed by atoms with Gasteiger partial charge in [-0.2, -0.15) is 0 Å². The van der Waals surface area contributed by atoms with Crippen LogP contribution in [-0.2, 0) is 10.0 Å². The van der Waals surface area contributed by atoms with Crippen LogP contribution in [-0.4, -0.2) is 32.5 Å². The molecule has 128 valence electrons. The molecular weight excluding hydrogens is 322 g/mol. The van der Waals surface area contributed by atoms with E-state index in [1.54, 1.807) is 12.3 Å². The molecule has 1 N–H and O–H groups in total. The quantitative estimate of drug-likeness (QED) is 0.925. The number of aromatic nitrogens is 1. The van der Waals surface area contributed by atoms with Gasteiger partial charge in [0.15, 0.2) is 0 Å². The number of nitrogens with one attached hydrogen (secondary N) is 1. The molecule has 1 saturated heterocycles. The minimum absolute atomic E-state index is 0.0318. The molecule has 1 fully saturated rings. The third-order valence-electron chi connectivity index (χ3n) is 4.41. The van der Waals surface area contributed by atoms with Gasteiger partial charge in [0.05, 0.1) is 4.90 Å². The Balaban J connectivity index is 1.65. The van der Waals surface area contributed by atoms with Crippen LogP contribution in [0.15, 0.2) is 47.5 Å². The van der Waals surface area contributed by atoms with Gasteiger partial charge in [-0.25, -0.2) is 18.1 Å². The highest BCUT2D eigenvalue weighted by Gasteiger charge is 2.25. The summed E-state index contributed by atoms with van der Waals surface area (Å²) >= 11 is 0. The highest BCUT2D eigenvalue weighted by molar-refractivity contribution is 7.89. The molecule has 1 aliphatic rings. The second kappa shape index (κ2) is 6.91. The molecule has 0 radical (unpaired) electrons. The average Bonchev–Trinajstić information content (AvgIpc) is 2.55. The Labute approximate surface area is 143 Å². The first kappa shape index (κ1) is 16.9. The minimum Gasteiger partial charge on any atom is -0.357 e. The van der Waals surface area contributed by atoms with E-state index in [1.807, 2.05) is 44.2 Å². The van der Waals surface area contributed by atoms with E-state index < -0.39 is 10.0 Å². The zero-order valence-corrected chi connectivity index (χ0v) is 14.9. The number of piperidine rings is 1. The number of benzene rings is 1. The molecule has 1 aromatic heterocycles. The fraction of sp³-hybridized carbons (Fsp3) is 0.389. The van der Waals surface area contributed by atoms with Crippen molar-refractivity contribution in [3.05, 3.63) is 53.7 Å². The van der Waals surface area contributed by atoms with E-state index in [4.69, 9.17) is 0 Å². The summed E-state index contributed by atoms with van der Waals surface area (Å²) in [6.07, 6.45) is 3.34. The number of rotatable bonds is 4. The molecule has 1 aromatic carbocycles. The largest absolute Gasteiger partial charge is 0.357 e. The van der Waals surface area contributed by atoms with Gasteiger partial charge in [-0.1, -0.05) is 23.8 Å². The lowest BCUT2D eigenvalue weighted by Gasteiger charge is -2.33. The van der Waals surface area contributed by atoms with Gasteiger partial charge >= 0.3 is 0 Å². The van der Waals surface area contributed by atoms with E-state index in [-0.39, 0.29) is 6.04 Å². The predicted octanol–water partition coefficient (Wildman–Crippen LogP) is 2.65. The summed E-state index contributed by atoms with van der Waals surface area (Å²) in [6, 6.07) is 11.3. The van der Waals surface area contributed by atoms with Gasteiger partial charge in [0.25, 0.3) is 0 Å². The fourth-order valence-corrected chi connectivity index (χ4v) is 4.68. The second-order valence-electron chi connectivity index (χ2n) is 6.34. The van der Waals surface area contributed by atoms with Crippen molar-refractivity contribution in [2.24, 2.45) is 0 Å². The Bertz CT molecular complexity index is 798. The SMILES string of the molecule is Cc1ccc(S(=O)(=O)NC2CCN(c3ccccn3)CC2)c(C)c1. The van der Waals surface area contributed by atoms with Gasteiger partial charge in [-0.15, -0.1) is 0 Å². The van der Waals surface area contributed by atoms with E-state index >= 15 is 0 Å². The van der Waals surface area contributed by atoms with Crippen molar-refractivity contribution in [3.8, 4) is 0 Å². The summed E-state index contributed by atoms with van der Waals surface area (Å²) < 4.78 is 28.2. The van der Waals surface area contributed by atoms with E-state index in [0.29, 0.717) is 4.90 Å². The maximum Gasteiger partial charge on any atom is 0.241 e. The summed E-state index contributed by atoms with van der Waals surface area (Å²) in [7, 11) is -3.47. The van der Waals surface area contributed by atoms with Gasteiger partial charge in [-0.3, -0.25) is 0 Å². The van der Waals surface area contributed by atoms with Crippen LogP contribution in [0.2, 0.25) is 0 Å². The summed E-state index contributed by atoms with van der Waals surface area (Å²) in [6.45, 7) is 5.41. The molecule has 1 aliphatic heterocycles. The first-order chi connectivity index (χ1) is 11.5. The van der Waals surface area contributed by atoms with E-state index in [0.717, 1.165) is 42.9 Å². The first-order valence-corrected chi connectivity index (χ1v) is 9.69. The lowest BCUT2D eigenvalue weighted by Crippen LogP contribution is -2.45. The number of hydrogen-bond donors (Lipinski definition) is 1. The molecule has 5 nitrogen and oxygen atoms in total. The zero-order chi connectivity index (χ0) is 17.2. The number of sulfonamides is 1. The van der Waals surface area contributed by atoms with Crippen LogP contribution < -0.4 is 9.62 Å². The number of nitrogens with zero attached hydrogens (tertiary/aromatic N) is 2. The molecule has 2 heterocycles. The van der Waals surface area contributed by atoms with Crippen molar-refractivity contribution >= 4 is 15.8 Å². The number of pyridine rings is 1. The van der Waals surface area contributed by atoms with Crippen LogP contribution in [0.3, 0.4) is 0 Å². The molecule has 0 unspecified atom stereocenters. The van der Waals surface area contributed by atoms with Crippen molar-refractivity contribution in [1.29, 1.82) is 0 Å². The smallest absolute Gasteiger partial charge is 0.241 e. The topological polar surface area (TPSA) is 62.3 Å². The number of hydrogen-bond acceptors (Lipinski definition) is 4. The van der Waals surface area contributed by atoms with Gasteiger partial charge in [0, 0.05) is 25.3 Å². The second-order valence-corrected chi connectivity index (χ2v) is 8.02. The molecular formula is C18H23N3O2S. The molecule has 0 aliphatic carbocycles. The summed E-state index contributed by atoms with van der Waals surface area (Å²) in [5.74, 6) is 0.952. The monoisotopic (exact) mass is 345 g/mol. The van der Waals surface area contributed by atoms with Crippen molar-refractivity contribution in [2.75, 3.05) is 18.0 Å². The minimum atomic E-state index is -3.47. The van der Waals surface area contributed by atoms with Crippen LogP contribution >= 0.6 is 0 Å². The van der Waals surface area contributed by atoms with Crippen molar-refractivity contribution in [1.82, 2.24) is 9.71 Å². The van der Waals surface area contributed by atoms with Gasteiger partial charge in [-0.05, 0) is 50.5 Å². The molecule has 3 rings (SSSR count). The van der Waals surface area contributed by atoms with E-state index in [1.165, 1.54) is 0 Å². The van der Waals surface area contributed by atoms with Crippen molar-refractivity contribution < 1.29 is 8.42 Å². The molecule has 0 spiro atoms. The van der Waals surface area contributed by atoms with Crippen LogP contribution in [0, 0.1) is 13.8 Å². The Kier molecular flexibility index (Phi) is 4.87. The number of anilines is 1. The van der Waals surface area contributed by atoms with Crippen molar-refractivity contribution in [2.45, 2.75) is 37.6 Å². The Hall–Kier alpha value is -1.92. The predicted molar refractivity (Wildman–Crippen MR) is 95.7 cm³/mol. The summed E-state index contributed by atoms with van der Waals surface area (Å²) in [5.41, 5.74) is 1.85. The Morgan fingerprint density at radius 3 is 2.50 bits per heavy atom. The molecule has 0 bridgehead atoms.